The SMILES string of the molecule is c1csc(Cc2noc(C3NCCc4sccc43)n2)c1. The molecule has 1 unspecified atom stereocenters. The van der Waals surface area contributed by atoms with Crippen LogP contribution in [-0.4, -0.2) is 16.7 Å². The number of nitrogens with zero attached hydrogens (tertiary/aromatic N) is 2. The minimum atomic E-state index is 0.0505. The molecule has 3 aromatic rings. The lowest BCUT2D eigenvalue weighted by atomic mass is 10.0. The van der Waals surface area contributed by atoms with E-state index in [9.17, 15) is 0 Å². The van der Waals surface area contributed by atoms with Crippen molar-refractivity contribution >= 4 is 22.7 Å². The zero-order chi connectivity index (χ0) is 13.4. The van der Waals surface area contributed by atoms with Crippen LogP contribution in [0.5, 0.6) is 0 Å². The second kappa shape index (κ2) is 5.12. The molecule has 1 aliphatic rings. The lowest BCUT2D eigenvalue weighted by Gasteiger charge is -2.20. The molecule has 4 nitrogen and oxygen atoms in total. The number of fused-ring (bicyclic) bond motifs is 1. The average Bonchev–Trinajstić information content (AvgIpc) is 3.19. The number of nitrogens with one attached hydrogen (secondary N) is 1. The van der Waals surface area contributed by atoms with E-state index in [2.05, 4.69) is 38.4 Å². The number of rotatable bonds is 3. The molecular weight excluding hydrogens is 290 g/mol. The molecule has 1 atom stereocenters. The minimum absolute atomic E-state index is 0.0505. The maximum Gasteiger partial charge on any atom is 0.248 e. The summed E-state index contributed by atoms with van der Waals surface area (Å²) in [6.07, 6.45) is 1.82. The fourth-order valence-electron chi connectivity index (χ4n) is 2.50. The van der Waals surface area contributed by atoms with Crippen molar-refractivity contribution in [2.75, 3.05) is 6.54 Å². The van der Waals surface area contributed by atoms with E-state index in [0.717, 1.165) is 25.2 Å². The highest BCUT2D eigenvalue weighted by Gasteiger charge is 2.27. The zero-order valence-corrected chi connectivity index (χ0v) is 12.3. The van der Waals surface area contributed by atoms with Gasteiger partial charge in [0.15, 0.2) is 5.82 Å². The standard InChI is InChI=1S/C14H13N3OS2/c1-2-9(19-6-1)8-12-16-14(18-17-12)13-10-4-7-20-11(10)3-5-15-13/h1-2,4,6-7,13,15H,3,5,8H2. The molecule has 4 heterocycles. The van der Waals surface area contributed by atoms with Crippen molar-refractivity contribution in [3.05, 3.63) is 56.0 Å². The largest absolute Gasteiger partial charge is 0.337 e. The molecule has 0 fully saturated rings. The van der Waals surface area contributed by atoms with E-state index in [-0.39, 0.29) is 6.04 Å². The molecule has 0 spiro atoms. The number of thiophene rings is 2. The highest BCUT2D eigenvalue weighted by Crippen LogP contribution is 2.31. The van der Waals surface area contributed by atoms with E-state index in [1.54, 1.807) is 22.7 Å². The van der Waals surface area contributed by atoms with Crippen LogP contribution in [0.2, 0.25) is 0 Å². The topological polar surface area (TPSA) is 51.0 Å². The fourth-order valence-corrected chi connectivity index (χ4v) is 4.12. The molecule has 4 rings (SSSR count). The molecule has 1 aliphatic heterocycles. The second-order valence-corrected chi connectivity index (χ2v) is 6.77. The predicted molar refractivity (Wildman–Crippen MR) is 79.3 cm³/mol. The Morgan fingerprint density at radius 3 is 3.20 bits per heavy atom. The quantitative estimate of drug-likeness (QED) is 0.808. The molecule has 0 bridgehead atoms. The Balaban J connectivity index is 1.60. The van der Waals surface area contributed by atoms with Gasteiger partial charge in [0.05, 0.1) is 0 Å². The van der Waals surface area contributed by atoms with E-state index in [4.69, 9.17) is 4.52 Å². The molecule has 1 N–H and O–H groups in total. The fraction of sp³-hybridized carbons (Fsp3) is 0.286. The third kappa shape index (κ3) is 2.19. The first-order valence-electron chi connectivity index (χ1n) is 6.54. The summed E-state index contributed by atoms with van der Waals surface area (Å²) >= 11 is 3.52. The second-order valence-electron chi connectivity index (χ2n) is 4.74. The van der Waals surface area contributed by atoms with Crippen molar-refractivity contribution in [3.63, 3.8) is 0 Å². The average molecular weight is 303 g/mol. The van der Waals surface area contributed by atoms with E-state index in [1.807, 2.05) is 6.07 Å². The van der Waals surface area contributed by atoms with Crippen LogP contribution in [0.3, 0.4) is 0 Å². The van der Waals surface area contributed by atoms with Crippen molar-refractivity contribution in [2.45, 2.75) is 18.9 Å². The van der Waals surface area contributed by atoms with Crippen LogP contribution in [0.25, 0.3) is 0 Å². The van der Waals surface area contributed by atoms with Crippen LogP contribution in [0.1, 0.15) is 33.1 Å². The Morgan fingerprint density at radius 2 is 2.30 bits per heavy atom. The van der Waals surface area contributed by atoms with Gasteiger partial charge in [0.1, 0.15) is 6.04 Å². The lowest BCUT2D eigenvalue weighted by Crippen LogP contribution is -2.29. The molecule has 3 aromatic heterocycles. The van der Waals surface area contributed by atoms with Crippen LogP contribution in [-0.2, 0) is 12.8 Å². The van der Waals surface area contributed by atoms with Crippen LogP contribution >= 0.6 is 22.7 Å². The Hall–Kier alpha value is -1.50. The molecule has 0 amide bonds. The van der Waals surface area contributed by atoms with Crippen molar-refractivity contribution in [1.29, 1.82) is 0 Å². The smallest absolute Gasteiger partial charge is 0.248 e. The van der Waals surface area contributed by atoms with Gasteiger partial charge in [0.2, 0.25) is 5.89 Å². The van der Waals surface area contributed by atoms with Gasteiger partial charge in [0.25, 0.3) is 0 Å². The van der Waals surface area contributed by atoms with E-state index >= 15 is 0 Å². The van der Waals surface area contributed by atoms with Crippen LogP contribution in [0.4, 0.5) is 0 Å². The van der Waals surface area contributed by atoms with E-state index in [0.29, 0.717) is 5.89 Å². The number of hydrogen-bond acceptors (Lipinski definition) is 6. The first-order valence-corrected chi connectivity index (χ1v) is 8.30. The lowest BCUT2D eigenvalue weighted by molar-refractivity contribution is 0.341. The number of hydrogen-bond donors (Lipinski definition) is 1. The predicted octanol–water partition coefficient (Wildman–Crippen LogP) is 3.02. The molecule has 0 saturated heterocycles. The molecule has 0 aliphatic carbocycles. The zero-order valence-electron chi connectivity index (χ0n) is 10.7. The summed E-state index contributed by atoms with van der Waals surface area (Å²) in [5, 5.41) is 11.8. The van der Waals surface area contributed by atoms with Crippen LogP contribution in [0, 0.1) is 0 Å². The summed E-state index contributed by atoms with van der Waals surface area (Å²) in [6, 6.07) is 6.34. The summed E-state index contributed by atoms with van der Waals surface area (Å²) in [5.74, 6) is 1.43. The summed E-state index contributed by atoms with van der Waals surface area (Å²) in [7, 11) is 0. The first-order chi connectivity index (χ1) is 9.90. The van der Waals surface area contributed by atoms with E-state index < -0.39 is 0 Å². The molecule has 102 valence electrons. The summed E-state index contributed by atoms with van der Waals surface area (Å²) < 4.78 is 5.46. The van der Waals surface area contributed by atoms with Gasteiger partial charge in [-0.25, -0.2) is 0 Å². The van der Waals surface area contributed by atoms with Crippen LogP contribution in [0.15, 0.2) is 33.5 Å². The van der Waals surface area contributed by atoms with Gasteiger partial charge in [0, 0.05) is 22.7 Å². The third-order valence-corrected chi connectivity index (χ3v) is 5.31. The van der Waals surface area contributed by atoms with Gasteiger partial charge in [-0.15, -0.1) is 22.7 Å². The van der Waals surface area contributed by atoms with Crippen molar-refractivity contribution in [1.82, 2.24) is 15.5 Å². The van der Waals surface area contributed by atoms with Gasteiger partial charge < -0.3 is 9.84 Å². The number of aromatic nitrogens is 2. The maximum absolute atomic E-state index is 5.46. The normalized spacial score (nSPS) is 18.1. The third-order valence-electron chi connectivity index (χ3n) is 3.43. The Morgan fingerprint density at radius 1 is 1.30 bits per heavy atom. The van der Waals surface area contributed by atoms with Gasteiger partial charge in [-0.1, -0.05) is 11.2 Å². The van der Waals surface area contributed by atoms with Gasteiger partial charge in [-0.2, -0.15) is 4.98 Å². The monoisotopic (exact) mass is 303 g/mol. The Kier molecular flexibility index (Phi) is 3.14. The first kappa shape index (κ1) is 12.3. The Labute approximate surface area is 124 Å². The molecule has 0 aromatic carbocycles. The highest BCUT2D eigenvalue weighted by molar-refractivity contribution is 7.10. The highest BCUT2D eigenvalue weighted by atomic mass is 32.1. The molecular formula is C14H13N3OS2. The van der Waals surface area contributed by atoms with Crippen molar-refractivity contribution in [2.24, 2.45) is 0 Å². The Bertz CT molecular complexity index is 702. The van der Waals surface area contributed by atoms with Crippen molar-refractivity contribution < 1.29 is 4.52 Å². The van der Waals surface area contributed by atoms with Crippen molar-refractivity contribution in [3.8, 4) is 0 Å². The van der Waals surface area contributed by atoms with Gasteiger partial charge in [-0.3, -0.25) is 0 Å². The summed E-state index contributed by atoms with van der Waals surface area (Å²) in [4.78, 5) is 7.24. The van der Waals surface area contributed by atoms with Gasteiger partial charge in [-0.05, 0) is 34.9 Å². The summed E-state index contributed by atoms with van der Waals surface area (Å²) in [6.45, 7) is 0.959. The molecule has 20 heavy (non-hydrogen) atoms. The van der Waals surface area contributed by atoms with Crippen LogP contribution < -0.4 is 5.32 Å². The maximum atomic E-state index is 5.46. The molecule has 0 saturated carbocycles. The molecule has 0 radical (unpaired) electrons. The van der Waals surface area contributed by atoms with Gasteiger partial charge >= 0.3 is 0 Å². The molecule has 6 heteroatoms. The van der Waals surface area contributed by atoms with E-state index in [1.165, 1.54) is 15.3 Å². The minimum Gasteiger partial charge on any atom is -0.337 e. The summed E-state index contributed by atoms with van der Waals surface area (Å²) in [5.41, 5.74) is 1.28.